The number of carbonyl (C=O) groups is 2. The highest BCUT2D eigenvalue weighted by molar-refractivity contribution is 7.92. The molecule has 0 spiro atoms. The van der Waals surface area contributed by atoms with E-state index in [1.165, 1.54) is 4.90 Å². The van der Waals surface area contributed by atoms with E-state index in [2.05, 4.69) is 26.1 Å². The number of nitrogens with one attached hydrogen (secondary N) is 1. The summed E-state index contributed by atoms with van der Waals surface area (Å²) in [4.78, 5) is 27.8. The van der Waals surface area contributed by atoms with E-state index in [1.54, 1.807) is 19.1 Å². The van der Waals surface area contributed by atoms with Crippen molar-refractivity contribution in [3.8, 4) is 0 Å². The maximum Gasteiger partial charge on any atom is 0.244 e. The van der Waals surface area contributed by atoms with Gasteiger partial charge in [-0.25, -0.2) is 8.42 Å². The lowest BCUT2D eigenvalue weighted by Gasteiger charge is -2.31. The SMILES string of the molecule is CCCCNC(=O)[C@H](C)N(Cc1ccccc1)C(=O)CN(c1ccc(C(C)(C)C)cc1)S(C)(=O)=O. The van der Waals surface area contributed by atoms with Gasteiger partial charge in [0.1, 0.15) is 12.6 Å². The van der Waals surface area contributed by atoms with E-state index < -0.39 is 28.5 Å². The van der Waals surface area contributed by atoms with Crippen LogP contribution in [0, 0.1) is 0 Å². The van der Waals surface area contributed by atoms with Crippen LogP contribution >= 0.6 is 0 Å². The van der Waals surface area contributed by atoms with Gasteiger partial charge in [-0.15, -0.1) is 0 Å². The van der Waals surface area contributed by atoms with Gasteiger partial charge in [-0.3, -0.25) is 13.9 Å². The van der Waals surface area contributed by atoms with Crippen LogP contribution in [0.2, 0.25) is 0 Å². The molecule has 0 aromatic heterocycles. The van der Waals surface area contributed by atoms with Crippen molar-refractivity contribution in [3.63, 3.8) is 0 Å². The third-order valence-electron chi connectivity index (χ3n) is 5.89. The summed E-state index contributed by atoms with van der Waals surface area (Å²) in [6, 6.07) is 15.8. The van der Waals surface area contributed by atoms with Crippen LogP contribution in [0.25, 0.3) is 0 Å². The molecular formula is C27H39N3O4S. The van der Waals surface area contributed by atoms with Crippen molar-refractivity contribution in [2.75, 3.05) is 23.7 Å². The molecule has 0 aliphatic carbocycles. The molecule has 2 aromatic rings. The molecule has 0 saturated heterocycles. The summed E-state index contributed by atoms with van der Waals surface area (Å²) in [7, 11) is -3.75. The van der Waals surface area contributed by atoms with Gasteiger partial charge in [0, 0.05) is 13.1 Å². The maximum absolute atomic E-state index is 13.5. The molecule has 0 aliphatic heterocycles. The van der Waals surface area contributed by atoms with Crippen molar-refractivity contribution in [3.05, 3.63) is 65.7 Å². The minimum absolute atomic E-state index is 0.0860. The molecule has 2 rings (SSSR count). The summed E-state index contributed by atoms with van der Waals surface area (Å²) < 4.78 is 26.5. The van der Waals surface area contributed by atoms with Crippen molar-refractivity contribution < 1.29 is 18.0 Å². The first-order chi connectivity index (χ1) is 16.3. The Morgan fingerprint density at radius 2 is 1.60 bits per heavy atom. The number of rotatable bonds is 11. The van der Waals surface area contributed by atoms with E-state index in [0.717, 1.165) is 34.5 Å². The van der Waals surface area contributed by atoms with Gasteiger partial charge >= 0.3 is 0 Å². The number of sulfonamides is 1. The number of benzene rings is 2. The second-order valence-electron chi connectivity index (χ2n) is 9.89. The van der Waals surface area contributed by atoms with Crippen molar-refractivity contribution in [1.82, 2.24) is 10.2 Å². The predicted octanol–water partition coefficient (Wildman–Crippen LogP) is 4.08. The second kappa shape index (κ2) is 12.2. The number of unbranched alkanes of at least 4 members (excludes halogenated alkanes) is 1. The molecule has 2 amide bonds. The van der Waals surface area contributed by atoms with E-state index in [-0.39, 0.29) is 17.9 Å². The average Bonchev–Trinajstić information content (AvgIpc) is 2.80. The van der Waals surface area contributed by atoms with Gasteiger partial charge in [0.05, 0.1) is 11.9 Å². The monoisotopic (exact) mass is 501 g/mol. The lowest BCUT2D eigenvalue weighted by atomic mass is 9.87. The largest absolute Gasteiger partial charge is 0.354 e. The molecule has 0 aliphatic rings. The summed E-state index contributed by atoms with van der Waals surface area (Å²) in [6.07, 6.45) is 2.87. The molecule has 192 valence electrons. The van der Waals surface area contributed by atoms with Crippen LogP contribution in [0.5, 0.6) is 0 Å². The molecular weight excluding hydrogens is 462 g/mol. The number of carbonyl (C=O) groups excluding carboxylic acids is 2. The van der Waals surface area contributed by atoms with Gasteiger partial charge in [-0.05, 0) is 42.0 Å². The highest BCUT2D eigenvalue weighted by Crippen LogP contribution is 2.26. The Hall–Kier alpha value is -2.87. The lowest BCUT2D eigenvalue weighted by molar-refractivity contribution is -0.139. The standard InChI is InChI=1S/C27H39N3O4S/c1-7-8-18-28-26(32)21(2)29(19-22-12-10-9-11-13-22)25(31)20-30(35(6,33)34)24-16-14-23(15-17-24)27(3,4)5/h9-17,21H,7-8,18-20H2,1-6H3,(H,28,32)/t21-/m0/s1. The van der Waals surface area contributed by atoms with E-state index in [0.29, 0.717) is 12.2 Å². The van der Waals surface area contributed by atoms with Gasteiger partial charge in [-0.2, -0.15) is 0 Å². The Labute approximate surface area is 210 Å². The number of nitrogens with zero attached hydrogens (tertiary/aromatic N) is 2. The summed E-state index contributed by atoms with van der Waals surface area (Å²) in [5.41, 5.74) is 2.24. The molecule has 1 N–H and O–H groups in total. The van der Waals surface area contributed by atoms with Crippen molar-refractivity contribution >= 4 is 27.5 Å². The van der Waals surface area contributed by atoms with Crippen LogP contribution in [0.3, 0.4) is 0 Å². The molecule has 0 saturated carbocycles. The minimum Gasteiger partial charge on any atom is -0.354 e. The third kappa shape index (κ3) is 8.38. The van der Waals surface area contributed by atoms with Crippen molar-refractivity contribution in [1.29, 1.82) is 0 Å². The molecule has 8 heteroatoms. The van der Waals surface area contributed by atoms with Gasteiger partial charge in [-0.1, -0.05) is 76.6 Å². The van der Waals surface area contributed by atoms with Crippen LogP contribution in [0.15, 0.2) is 54.6 Å². The van der Waals surface area contributed by atoms with E-state index >= 15 is 0 Å². The second-order valence-corrected chi connectivity index (χ2v) is 11.8. The molecule has 0 heterocycles. The minimum atomic E-state index is -3.75. The molecule has 0 radical (unpaired) electrons. The Balaban J connectivity index is 2.33. The van der Waals surface area contributed by atoms with Crippen molar-refractivity contribution in [2.24, 2.45) is 0 Å². The number of amides is 2. The number of anilines is 1. The predicted molar refractivity (Wildman–Crippen MR) is 142 cm³/mol. The number of hydrogen-bond donors (Lipinski definition) is 1. The van der Waals surface area contributed by atoms with Gasteiger partial charge in [0.25, 0.3) is 0 Å². The normalized spacial score (nSPS) is 12.6. The molecule has 7 nitrogen and oxygen atoms in total. The quantitative estimate of drug-likeness (QED) is 0.470. The fourth-order valence-electron chi connectivity index (χ4n) is 3.64. The topological polar surface area (TPSA) is 86.8 Å². The molecule has 35 heavy (non-hydrogen) atoms. The first-order valence-electron chi connectivity index (χ1n) is 12.0. The highest BCUT2D eigenvalue weighted by Gasteiger charge is 2.30. The molecule has 1 atom stereocenters. The van der Waals surface area contributed by atoms with Crippen LogP contribution in [-0.4, -0.2) is 50.5 Å². The average molecular weight is 502 g/mol. The summed E-state index contributed by atoms with van der Waals surface area (Å²) in [6.45, 7) is 10.3. The smallest absolute Gasteiger partial charge is 0.244 e. The Morgan fingerprint density at radius 1 is 1.00 bits per heavy atom. The fraction of sp³-hybridized carbons (Fsp3) is 0.481. The fourth-order valence-corrected chi connectivity index (χ4v) is 4.49. The van der Waals surface area contributed by atoms with Crippen LogP contribution in [0.4, 0.5) is 5.69 Å². The third-order valence-corrected chi connectivity index (χ3v) is 7.03. The van der Waals surface area contributed by atoms with Crippen LogP contribution in [-0.2, 0) is 31.6 Å². The summed E-state index contributed by atoms with van der Waals surface area (Å²) >= 11 is 0. The van der Waals surface area contributed by atoms with E-state index in [9.17, 15) is 18.0 Å². The zero-order valence-corrected chi connectivity index (χ0v) is 22.6. The van der Waals surface area contributed by atoms with E-state index in [1.807, 2.05) is 49.4 Å². The summed E-state index contributed by atoms with van der Waals surface area (Å²) in [5.74, 6) is -0.708. The molecule has 2 aromatic carbocycles. The zero-order chi connectivity index (χ0) is 26.2. The van der Waals surface area contributed by atoms with Gasteiger partial charge < -0.3 is 10.2 Å². The van der Waals surface area contributed by atoms with E-state index in [4.69, 9.17) is 0 Å². The zero-order valence-electron chi connectivity index (χ0n) is 21.7. The van der Waals surface area contributed by atoms with Crippen molar-refractivity contribution in [2.45, 2.75) is 65.5 Å². The van der Waals surface area contributed by atoms with Gasteiger partial charge in [0.15, 0.2) is 0 Å². The molecule has 0 unspecified atom stereocenters. The van der Waals surface area contributed by atoms with Gasteiger partial charge in [0.2, 0.25) is 21.8 Å². The number of hydrogen-bond acceptors (Lipinski definition) is 4. The Morgan fingerprint density at radius 3 is 2.11 bits per heavy atom. The lowest BCUT2D eigenvalue weighted by Crippen LogP contribution is -2.51. The Bertz CT molecular complexity index is 1080. The molecule has 0 fully saturated rings. The highest BCUT2D eigenvalue weighted by atomic mass is 32.2. The first-order valence-corrected chi connectivity index (χ1v) is 13.9. The Kier molecular flexibility index (Phi) is 9.89. The summed E-state index contributed by atoms with van der Waals surface area (Å²) in [5, 5.41) is 2.88. The molecule has 0 bridgehead atoms. The van der Waals surface area contributed by atoms with Crippen LogP contribution in [0.1, 0.15) is 58.6 Å². The van der Waals surface area contributed by atoms with Crippen LogP contribution < -0.4 is 9.62 Å². The first kappa shape index (κ1) is 28.4. The maximum atomic E-state index is 13.5.